The first kappa shape index (κ1) is 12.4. The molecule has 0 radical (unpaired) electrons. The number of rotatable bonds is 2. The highest BCUT2D eigenvalue weighted by atomic mass is 35.5. The van der Waals surface area contributed by atoms with Crippen LogP contribution in [0.5, 0.6) is 0 Å². The zero-order valence-corrected chi connectivity index (χ0v) is 11.1. The van der Waals surface area contributed by atoms with Crippen LogP contribution in [0.25, 0.3) is 0 Å². The van der Waals surface area contributed by atoms with Crippen LogP contribution in [-0.4, -0.2) is 10.4 Å². The van der Waals surface area contributed by atoms with E-state index in [0.717, 1.165) is 29.5 Å². The van der Waals surface area contributed by atoms with Gasteiger partial charge in [-0.25, -0.2) is 4.39 Å². The second-order valence-electron chi connectivity index (χ2n) is 4.88. The Balaban J connectivity index is 1.92. The molecule has 2 nitrogen and oxygen atoms in total. The molecule has 0 amide bonds. The van der Waals surface area contributed by atoms with Gasteiger partial charge in [-0.1, -0.05) is 11.6 Å². The largest absolute Gasteiger partial charge is 0.349 e. The first-order chi connectivity index (χ1) is 9.13. The zero-order chi connectivity index (χ0) is 13.4. The van der Waals surface area contributed by atoms with Gasteiger partial charge in [-0.15, -0.1) is 0 Å². The molecule has 19 heavy (non-hydrogen) atoms. The molecule has 1 aromatic carbocycles. The number of fused-ring (bicyclic) bond motifs is 1. The van der Waals surface area contributed by atoms with E-state index in [2.05, 4.69) is 0 Å². The van der Waals surface area contributed by atoms with Crippen LogP contribution in [0.1, 0.15) is 34.3 Å². The molecule has 1 aliphatic carbocycles. The monoisotopic (exact) mass is 277 g/mol. The summed E-state index contributed by atoms with van der Waals surface area (Å²) in [7, 11) is 0. The lowest BCUT2D eigenvalue weighted by Gasteiger charge is -2.07. The van der Waals surface area contributed by atoms with Crippen LogP contribution < -0.4 is 0 Å². The summed E-state index contributed by atoms with van der Waals surface area (Å²) in [5.74, 6) is -0.0993. The maximum absolute atomic E-state index is 13.2. The Morgan fingerprint density at radius 2 is 2.11 bits per heavy atom. The molecular weight excluding hydrogens is 265 g/mol. The van der Waals surface area contributed by atoms with Crippen LogP contribution in [0.15, 0.2) is 30.6 Å². The predicted octanol–water partition coefficient (Wildman–Crippen LogP) is 3.85. The van der Waals surface area contributed by atoms with Crippen LogP contribution in [0.3, 0.4) is 0 Å². The third-order valence-corrected chi connectivity index (χ3v) is 3.84. The van der Waals surface area contributed by atoms with Crippen molar-refractivity contribution in [1.29, 1.82) is 0 Å². The number of aryl methyl sites for hydroxylation is 1. The molecule has 0 atom stereocenters. The SMILES string of the molecule is O=C1CCCc2cn(Cc3cc(F)ccc3Cl)cc21. The molecule has 0 saturated carbocycles. The summed E-state index contributed by atoms with van der Waals surface area (Å²) in [6, 6.07) is 4.33. The molecule has 0 unspecified atom stereocenters. The maximum Gasteiger partial charge on any atom is 0.164 e. The quantitative estimate of drug-likeness (QED) is 0.817. The lowest BCUT2D eigenvalue weighted by Crippen LogP contribution is -2.07. The molecule has 0 N–H and O–H groups in total. The predicted molar refractivity (Wildman–Crippen MR) is 72.2 cm³/mol. The third kappa shape index (κ3) is 2.43. The fraction of sp³-hybridized carbons (Fsp3) is 0.267. The van der Waals surface area contributed by atoms with E-state index in [1.807, 2.05) is 17.0 Å². The van der Waals surface area contributed by atoms with Crippen molar-refractivity contribution in [1.82, 2.24) is 4.57 Å². The topological polar surface area (TPSA) is 22.0 Å². The van der Waals surface area contributed by atoms with Crippen LogP contribution in [0, 0.1) is 5.82 Å². The van der Waals surface area contributed by atoms with Crippen molar-refractivity contribution in [2.45, 2.75) is 25.8 Å². The van der Waals surface area contributed by atoms with E-state index in [1.54, 1.807) is 6.07 Å². The summed E-state index contributed by atoms with van der Waals surface area (Å²) in [5, 5.41) is 0.541. The van der Waals surface area contributed by atoms with Crippen LogP contribution >= 0.6 is 11.6 Å². The number of hydrogen-bond acceptors (Lipinski definition) is 1. The van der Waals surface area contributed by atoms with Gasteiger partial charge in [0, 0.05) is 35.9 Å². The van der Waals surface area contributed by atoms with Crippen molar-refractivity contribution in [3.63, 3.8) is 0 Å². The molecule has 0 saturated heterocycles. The van der Waals surface area contributed by atoms with E-state index >= 15 is 0 Å². The first-order valence-electron chi connectivity index (χ1n) is 6.29. The standard InChI is InChI=1S/C15H13ClFNO/c16-14-5-4-12(17)6-11(14)8-18-7-10-2-1-3-15(19)13(10)9-18/h4-7,9H,1-3,8H2. The minimum atomic E-state index is -0.299. The lowest BCUT2D eigenvalue weighted by molar-refractivity contribution is 0.0973. The average molecular weight is 278 g/mol. The molecule has 4 heteroatoms. The molecular formula is C15H13ClFNO. The Bertz CT molecular complexity index is 648. The van der Waals surface area contributed by atoms with Crippen LogP contribution in [0.2, 0.25) is 5.02 Å². The number of ketones is 1. The van der Waals surface area contributed by atoms with Crippen molar-refractivity contribution in [2.75, 3.05) is 0 Å². The van der Waals surface area contributed by atoms with Gasteiger partial charge in [-0.05, 0) is 42.2 Å². The Kier molecular flexibility index (Phi) is 3.15. The van der Waals surface area contributed by atoms with Gasteiger partial charge in [0.2, 0.25) is 0 Å². The van der Waals surface area contributed by atoms with Crippen LogP contribution in [-0.2, 0) is 13.0 Å². The number of carbonyl (C=O) groups excluding carboxylic acids is 1. The van der Waals surface area contributed by atoms with E-state index in [0.29, 0.717) is 18.0 Å². The molecule has 1 aromatic heterocycles. The summed E-state index contributed by atoms with van der Waals surface area (Å²) in [6.45, 7) is 0.483. The molecule has 0 spiro atoms. The lowest BCUT2D eigenvalue weighted by atomic mass is 9.95. The smallest absolute Gasteiger partial charge is 0.164 e. The number of Topliss-reactive ketones (excluding diaryl/α,β-unsaturated/α-hetero) is 1. The molecule has 1 aliphatic rings. The van der Waals surface area contributed by atoms with Gasteiger partial charge in [-0.3, -0.25) is 4.79 Å². The van der Waals surface area contributed by atoms with E-state index in [-0.39, 0.29) is 11.6 Å². The number of nitrogens with zero attached hydrogens (tertiary/aromatic N) is 1. The van der Waals surface area contributed by atoms with E-state index in [9.17, 15) is 9.18 Å². The van der Waals surface area contributed by atoms with Gasteiger partial charge in [0.25, 0.3) is 0 Å². The van der Waals surface area contributed by atoms with Crippen LogP contribution in [0.4, 0.5) is 4.39 Å². The molecule has 0 fully saturated rings. The molecule has 3 rings (SSSR count). The van der Waals surface area contributed by atoms with Crippen molar-refractivity contribution in [3.8, 4) is 0 Å². The molecule has 0 bridgehead atoms. The Labute approximate surface area is 115 Å². The molecule has 1 heterocycles. The van der Waals surface area contributed by atoms with Gasteiger partial charge < -0.3 is 4.57 Å². The summed E-state index contributed by atoms with van der Waals surface area (Å²) in [6.07, 6.45) is 6.28. The molecule has 0 aliphatic heterocycles. The number of carbonyl (C=O) groups is 1. The summed E-state index contributed by atoms with van der Waals surface area (Å²) >= 11 is 6.05. The zero-order valence-electron chi connectivity index (χ0n) is 10.3. The van der Waals surface area contributed by atoms with E-state index in [4.69, 9.17) is 11.6 Å². The minimum absolute atomic E-state index is 0.199. The number of aromatic nitrogens is 1. The van der Waals surface area contributed by atoms with Gasteiger partial charge >= 0.3 is 0 Å². The molecule has 98 valence electrons. The summed E-state index contributed by atoms with van der Waals surface area (Å²) in [4.78, 5) is 11.8. The highest BCUT2D eigenvalue weighted by Crippen LogP contribution is 2.24. The number of halogens is 2. The normalized spacial score (nSPS) is 14.5. The van der Waals surface area contributed by atoms with Gasteiger partial charge in [0.15, 0.2) is 5.78 Å². The molecule has 2 aromatic rings. The van der Waals surface area contributed by atoms with E-state index in [1.165, 1.54) is 12.1 Å². The van der Waals surface area contributed by atoms with Gasteiger partial charge in [0.05, 0.1) is 0 Å². The van der Waals surface area contributed by atoms with E-state index < -0.39 is 0 Å². The summed E-state index contributed by atoms with van der Waals surface area (Å²) in [5.41, 5.74) is 2.61. The third-order valence-electron chi connectivity index (χ3n) is 3.47. The van der Waals surface area contributed by atoms with Crippen molar-refractivity contribution in [2.24, 2.45) is 0 Å². The van der Waals surface area contributed by atoms with Gasteiger partial charge in [0.1, 0.15) is 5.82 Å². The first-order valence-corrected chi connectivity index (χ1v) is 6.67. The Morgan fingerprint density at radius 3 is 2.89 bits per heavy atom. The van der Waals surface area contributed by atoms with Crippen molar-refractivity contribution >= 4 is 17.4 Å². The van der Waals surface area contributed by atoms with Crippen molar-refractivity contribution in [3.05, 3.63) is 58.1 Å². The summed E-state index contributed by atoms with van der Waals surface area (Å²) < 4.78 is 15.1. The maximum atomic E-state index is 13.2. The second kappa shape index (κ2) is 4.82. The Morgan fingerprint density at radius 1 is 1.26 bits per heavy atom. The highest BCUT2D eigenvalue weighted by molar-refractivity contribution is 6.31. The second-order valence-corrected chi connectivity index (χ2v) is 5.29. The van der Waals surface area contributed by atoms with Crippen molar-refractivity contribution < 1.29 is 9.18 Å². The van der Waals surface area contributed by atoms with Gasteiger partial charge in [-0.2, -0.15) is 0 Å². The number of benzene rings is 1. The Hall–Kier alpha value is -1.61. The fourth-order valence-corrected chi connectivity index (χ4v) is 2.71. The fourth-order valence-electron chi connectivity index (χ4n) is 2.53. The highest BCUT2D eigenvalue weighted by Gasteiger charge is 2.19. The minimum Gasteiger partial charge on any atom is -0.349 e. The number of hydrogen-bond donors (Lipinski definition) is 0. The average Bonchev–Trinajstić information content (AvgIpc) is 2.78.